The first-order chi connectivity index (χ1) is 18.6. The van der Waals surface area contributed by atoms with E-state index < -0.39 is 34.0 Å². The van der Waals surface area contributed by atoms with Crippen LogP contribution < -0.4 is 4.90 Å². The molecule has 0 saturated carbocycles. The SMILES string of the molecule is O=C1C(CCC(O)c2cccc(F)c2)C(c2ccc(-c3cccc(S(=O)(=O)O)c3)c(O)c2)N1c1ccccc1. The molecule has 1 amide bonds. The Labute approximate surface area is 225 Å². The van der Waals surface area contributed by atoms with Gasteiger partial charge in [-0.05, 0) is 72.0 Å². The van der Waals surface area contributed by atoms with Crippen LogP contribution in [-0.4, -0.2) is 29.1 Å². The lowest BCUT2D eigenvalue weighted by Gasteiger charge is -2.48. The molecular formula is C30H26FNO6S. The third kappa shape index (κ3) is 5.42. The highest BCUT2D eigenvalue weighted by molar-refractivity contribution is 7.85. The molecule has 4 aromatic rings. The molecule has 3 unspecified atom stereocenters. The van der Waals surface area contributed by atoms with Gasteiger partial charge in [0.25, 0.3) is 10.1 Å². The van der Waals surface area contributed by atoms with E-state index in [0.717, 1.165) is 0 Å². The number of aromatic hydroxyl groups is 1. The van der Waals surface area contributed by atoms with Gasteiger partial charge in [0, 0.05) is 11.3 Å². The maximum atomic E-state index is 13.6. The number of β-lactam (4-membered cyclic amide) rings is 1. The zero-order valence-electron chi connectivity index (χ0n) is 20.7. The number of para-hydroxylation sites is 1. The summed E-state index contributed by atoms with van der Waals surface area (Å²) in [7, 11) is -4.42. The van der Waals surface area contributed by atoms with Gasteiger partial charge in [-0.25, -0.2) is 4.39 Å². The Kier molecular flexibility index (Phi) is 7.22. The Balaban J connectivity index is 1.44. The minimum absolute atomic E-state index is 0.120. The summed E-state index contributed by atoms with van der Waals surface area (Å²) >= 11 is 0. The average Bonchev–Trinajstić information content (AvgIpc) is 2.91. The number of hydrogen-bond acceptors (Lipinski definition) is 5. The van der Waals surface area contributed by atoms with Gasteiger partial charge in [0.1, 0.15) is 11.6 Å². The molecule has 0 aliphatic carbocycles. The van der Waals surface area contributed by atoms with Crippen LogP contribution >= 0.6 is 0 Å². The Morgan fingerprint density at radius 2 is 1.64 bits per heavy atom. The van der Waals surface area contributed by atoms with Crippen molar-refractivity contribution in [2.24, 2.45) is 5.92 Å². The van der Waals surface area contributed by atoms with Gasteiger partial charge in [-0.2, -0.15) is 8.42 Å². The number of hydrogen-bond donors (Lipinski definition) is 3. The van der Waals surface area contributed by atoms with Gasteiger partial charge in [0.05, 0.1) is 23.0 Å². The van der Waals surface area contributed by atoms with Crippen LogP contribution in [0.15, 0.2) is 102 Å². The molecule has 0 aromatic heterocycles. The van der Waals surface area contributed by atoms with Gasteiger partial charge >= 0.3 is 0 Å². The monoisotopic (exact) mass is 547 g/mol. The highest BCUT2D eigenvalue weighted by Crippen LogP contribution is 2.47. The highest BCUT2D eigenvalue weighted by Gasteiger charge is 2.48. The molecule has 1 fully saturated rings. The molecule has 1 saturated heterocycles. The summed E-state index contributed by atoms with van der Waals surface area (Å²) in [5, 5.41) is 21.6. The van der Waals surface area contributed by atoms with Crippen LogP contribution in [0.2, 0.25) is 0 Å². The Morgan fingerprint density at radius 3 is 2.33 bits per heavy atom. The molecule has 200 valence electrons. The first-order valence-electron chi connectivity index (χ1n) is 12.4. The molecule has 3 atom stereocenters. The number of halogens is 1. The van der Waals surface area contributed by atoms with E-state index in [4.69, 9.17) is 0 Å². The van der Waals surface area contributed by atoms with Gasteiger partial charge in [0.2, 0.25) is 5.91 Å². The molecule has 9 heteroatoms. The van der Waals surface area contributed by atoms with Crippen molar-refractivity contribution in [3.63, 3.8) is 0 Å². The van der Waals surface area contributed by atoms with E-state index in [-0.39, 0.29) is 23.0 Å². The van der Waals surface area contributed by atoms with E-state index in [1.54, 1.807) is 35.2 Å². The van der Waals surface area contributed by atoms with Crippen molar-refractivity contribution in [3.8, 4) is 16.9 Å². The molecule has 0 spiro atoms. The Hall–Kier alpha value is -4.05. The van der Waals surface area contributed by atoms with E-state index >= 15 is 0 Å². The second kappa shape index (κ2) is 10.6. The van der Waals surface area contributed by atoms with Gasteiger partial charge in [-0.15, -0.1) is 0 Å². The summed E-state index contributed by atoms with van der Waals surface area (Å²) in [5.41, 5.74) is 2.55. The van der Waals surface area contributed by atoms with Crippen LogP contribution in [0, 0.1) is 11.7 Å². The molecule has 0 bridgehead atoms. The van der Waals surface area contributed by atoms with Crippen LogP contribution in [0.25, 0.3) is 11.1 Å². The molecule has 7 nitrogen and oxygen atoms in total. The fraction of sp³-hybridized carbons (Fsp3) is 0.167. The number of phenolic OH excluding ortho intramolecular Hbond substituents is 1. The Morgan fingerprint density at radius 1 is 0.897 bits per heavy atom. The van der Waals surface area contributed by atoms with Crippen LogP contribution in [0.1, 0.15) is 36.1 Å². The molecule has 4 aromatic carbocycles. The van der Waals surface area contributed by atoms with Gasteiger partial charge in [-0.3, -0.25) is 9.35 Å². The number of phenols is 1. The van der Waals surface area contributed by atoms with Crippen molar-refractivity contribution in [1.29, 1.82) is 0 Å². The molecule has 3 N–H and O–H groups in total. The highest BCUT2D eigenvalue weighted by atomic mass is 32.2. The van der Waals surface area contributed by atoms with E-state index in [2.05, 4.69) is 0 Å². The number of rotatable bonds is 8. The smallest absolute Gasteiger partial charge is 0.294 e. The normalized spacial score (nSPS) is 18.0. The van der Waals surface area contributed by atoms with Crippen molar-refractivity contribution < 1.29 is 32.4 Å². The lowest BCUT2D eigenvalue weighted by atomic mass is 9.78. The van der Waals surface area contributed by atoms with Crippen LogP contribution in [0.4, 0.5) is 10.1 Å². The van der Waals surface area contributed by atoms with Crippen LogP contribution in [0.3, 0.4) is 0 Å². The predicted octanol–water partition coefficient (Wildman–Crippen LogP) is 5.66. The zero-order valence-corrected chi connectivity index (χ0v) is 21.5. The fourth-order valence-corrected chi connectivity index (χ4v) is 5.63. The second-order valence-electron chi connectivity index (χ2n) is 9.52. The van der Waals surface area contributed by atoms with Crippen molar-refractivity contribution >= 4 is 21.7 Å². The lowest BCUT2D eigenvalue weighted by molar-refractivity contribution is -0.131. The maximum Gasteiger partial charge on any atom is 0.294 e. The quantitative estimate of drug-likeness (QED) is 0.194. The first kappa shape index (κ1) is 26.6. The van der Waals surface area contributed by atoms with E-state index in [0.29, 0.717) is 34.4 Å². The van der Waals surface area contributed by atoms with Crippen molar-refractivity contribution in [3.05, 3.63) is 114 Å². The van der Waals surface area contributed by atoms with E-state index in [1.807, 2.05) is 30.3 Å². The number of carbonyl (C=O) groups excluding carboxylic acids is 1. The van der Waals surface area contributed by atoms with Gasteiger partial charge in [0.15, 0.2) is 0 Å². The fourth-order valence-electron chi connectivity index (χ4n) is 5.11. The predicted molar refractivity (Wildman–Crippen MR) is 144 cm³/mol. The number of nitrogens with zero attached hydrogens (tertiary/aromatic N) is 1. The minimum Gasteiger partial charge on any atom is -0.507 e. The van der Waals surface area contributed by atoms with Crippen LogP contribution in [0.5, 0.6) is 5.75 Å². The van der Waals surface area contributed by atoms with Crippen molar-refractivity contribution in [2.45, 2.75) is 29.9 Å². The first-order valence-corrected chi connectivity index (χ1v) is 13.8. The third-order valence-electron chi connectivity index (χ3n) is 7.04. The summed E-state index contributed by atoms with van der Waals surface area (Å²) in [6.07, 6.45) is -0.361. The second-order valence-corrected chi connectivity index (χ2v) is 10.9. The largest absolute Gasteiger partial charge is 0.507 e. The molecule has 39 heavy (non-hydrogen) atoms. The summed E-state index contributed by atoms with van der Waals surface area (Å²) in [5.74, 6) is -1.17. The molecule has 1 heterocycles. The number of carbonyl (C=O) groups is 1. The van der Waals surface area contributed by atoms with E-state index in [9.17, 15) is 32.4 Å². The number of aliphatic hydroxyl groups is 1. The number of amides is 1. The zero-order chi connectivity index (χ0) is 27.7. The number of benzene rings is 4. The summed E-state index contributed by atoms with van der Waals surface area (Å²) < 4.78 is 46.1. The number of anilines is 1. The third-order valence-corrected chi connectivity index (χ3v) is 7.89. The molecule has 0 radical (unpaired) electrons. The summed E-state index contributed by atoms with van der Waals surface area (Å²) in [6, 6.07) is 25.0. The average molecular weight is 548 g/mol. The topological polar surface area (TPSA) is 115 Å². The maximum absolute atomic E-state index is 13.6. The summed E-state index contributed by atoms with van der Waals surface area (Å²) in [6.45, 7) is 0. The molecule has 1 aliphatic heterocycles. The number of aliphatic hydroxyl groups excluding tert-OH is 1. The van der Waals surface area contributed by atoms with Gasteiger partial charge < -0.3 is 15.1 Å². The van der Waals surface area contributed by atoms with Crippen LogP contribution in [-0.2, 0) is 14.9 Å². The standard InChI is InChI=1S/C30H26FNO6S/c31-22-8-4-7-20(16-22)27(33)15-14-26-29(32(30(26)35)23-9-2-1-3-10-23)21-12-13-25(28(34)18-21)19-6-5-11-24(17-19)39(36,37)38/h1-13,16-18,26-27,29,33-34H,14-15H2,(H,36,37,38). The minimum atomic E-state index is -4.42. The lowest BCUT2D eigenvalue weighted by Crippen LogP contribution is -2.55. The molecular weight excluding hydrogens is 521 g/mol. The summed E-state index contributed by atoms with van der Waals surface area (Å²) in [4.78, 5) is 14.6. The van der Waals surface area contributed by atoms with Crippen molar-refractivity contribution in [1.82, 2.24) is 0 Å². The van der Waals surface area contributed by atoms with Crippen molar-refractivity contribution in [2.75, 3.05) is 4.90 Å². The molecule has 1 aliphatic rings. The van der Waals surface area contributed by atoms with E-state index in [1.165, 1.54) is 36.4 Å². The molecule has 5 rings (SSSR count). The Bertz CT molecular complexity index is 1630. The van der Waals surface area contributed by atoms with Gasteiger partial charge in [-0.1, -0.05) is 54.6 Å².